The Morgan fingerprint density at radius 3 is 2.47 bits per heavy atom. The smallest absolute Gasteiger partial charge is 0.387 e. The van der Waals surface area contributed by atoms with Crippen molar-refractivity contribution in [2.75, 3.05) is 42.1 Å². The lowest BCUT2D eigenvalue weighted by Crippen LogP contribution is -2.48. The van der Waals surface area contributed by atoms with Gasteiger partial charge in [-0.25, -0.2) is 4.98 Å². The number of ketones is 1. The quantitative estimate of drug-likeness (QED) is 0.440. The number of thiazole rings is 1. The van der Waals surface area contributed by atoms with Gasteiger partial charge in [-0.2, -0.15) is 8.78 Å². The van der Waals surface area contributed by atoms with E-state index >= 15 is 0 Å². The molecule has 0 amide bonds. The van der Waals surface area contributed by atoms with Crippen LogP contribution in [0.1, 0.15) is 29.1 Å². The van der Waals surface area contributed by atoms with Crippen LogP contribution in [0.25, 0.3) is 0 Å². The molecule has 3 N–H and O–H groups in total. The van der Waals surface area contributed by atoms with Crippen LogP contribution in [0.2, 0.25) is 0 Å². The molecule has 0 bridgehead atoms. The summed E-state index contributed by atoms with van der Waals surface area (Å²) in [6.07, 6.45) is 0. The summed E-state index contributed by atoms with van der Waals surface area (Å²) in [5.41, 5.74) is 8.16. The van der Waals surface area contributed by atoms with Crippen molar-refractivity contribution in [1.82, 2.24) is 9.88 Å². The second kappa shape index (κ2) is 10.4. The van der Waals surface area contributed by atoms with E-state index in [1.165, 1.54) is 24.3 Å². The van der Waals surface area contributed by atoms with Crippen LogP contribution < -0.4 is 20.7 Å². The Balaban J connectivity index is 1.41. The summed E-state index contributed by atoms with van der Waals surface area (Å²) in [6.45, 7) is 5.55. The number of nitrogens with two attached hydrogens (primary N) is 1. The molecule has 2 aromatic carbocycles. The van der Waals surface area contributed by atoms with Crippen LogP contribution in [0.3, 0.4) is 0 Å². The molecule has 1 aliphatic heterocycles. The molecular weight excluding hydrogens is 460 g/mol. The molecule has 180 valence electrons. The van der Waals surface area contributed by atoms with Gasteiger partial charge >= 0.3 is 6.61 Å². The van der Waals surface area contributed by atoms with E-state index in [9.17, 15) is 13.6 Å². The fourth-order valence-electron chi connectivity index (χ4n) is 3.87. The van der Waals surface area contributed by atoms with Crippen LogP contribution in [-0.4, -0.2) is 54.5 Å². The summed E-state index contributed by atoms with van der Waals surface area (Å²) >= 11 is 1.11. The molecule has 1 aliphatic rings. The normalized spacial score (nSPS) is 14.6. The van der Waals surface area contributed by atoms with Gasteiger partial charge in [-0.15, -0.1) is 0 Å². The highest BCUT2D eigenvalue weighted by atomic mass is 32.1. The SMILES string of the molecule is CC(C)N1CCN(c2ccc(Nc3nc(N)c(C(=O)c4cccc(OC(F)F)c4)s3)cc2)CC1. The summed E-state index contributed by atoms with van der Waals surface area (Å²) in [7, 11) is 0. The number of aromatic nitrogens is 1. The van der Waals surface area contributed by atoms with Crippen molar-refractivity contribution >= 4 is 39.4 Å². The number of hydrogen-bond donors (Lipinski definition) is 2. The van der Waals surface area contributed by atoms with E-state index in [4.69, 9.17) is 5.73 Å². The number of benzene rings is 2. The maximum Gasteiger partial charge on any atom is 0.387 e. The number of nitrogen functional groups attached to an aromatic ring is 1. The average Bonchev–Trinajstić information content (AvgIpc) is 3.18. The fraction of sp³-hybridized carbons (Fsp3) is 0.333. The van der Waals surface area contributed by atoms with Crippen molar-refractivity contribution in [3.63, 3.8) is 0 Å². The molecule has 7 nitrogen and oxygen atoms in total. The third-order valence-electron chi connectivity index (χ3n) is 5.71. The van der Waals surface area contributed by atoms with E-state index in [-0.39, 0.29) is 22.0 Å². The van der Waals surface area contributed by atoms with Gasteiger partial charge in [0.05, 0.1) is 0 Å². The highest BCUT2D eigenvalue weighted by molar-refractivity contribution is 7.18. The molecule has 10 heteroatoms. The van der Waals surface area contributed by atoms with Crippen molar-refractivity contribution in [3.8, 4) is 5.75 Å². The van der Waals surface area contributed by atoms with Crippen LogP contribution in [0.5, 0.6) is 5.75 Å². The average molecular weight is 488 g/mol. The lowest BCUT2D eigenvalue weighted by atomic mass is 10.1. The second-order valence-corrected chi connectivity index (χ2v) is 9.26. The second-order valence-electron chi connectivity index (χ2n) is 8.26. The van der Waals surface area contributed by atoms with E-state index in [0.717, 1.165) is 48.9 Å². The molecular formula is C24H27F2N5O2S. The van der Waals surface area contributed by atoms with E-state index in [2.05, 4.69) is 50.8 Å². The zero-order chi connectivity index (χ0) is 24.2. The summed E-state index contributed by atoms with van der Waals surface area (Å²) in [5.74, 6) is -0.413. The molecule has 0 radical (unpaired) electrons. The first-order chi connectivity index (χ1) is 16.3. The van der Waals surface area contributed by atoms with Crippen LogP contribution in [-0.2, 0) is 0 Å². The lowest BCUT2D eigenvalue weighted by molar-refractivity contribution is -0.0498. The Hall–Kier alpha value is -3.24. The third kappa shape index (κ3) is 5.63. The number of piperazine rings is 1. The van der Waals surface area contributed by atoms with E-state index < -0.39 is 12.4 Å². The van der Waals surface area contributed by atoms with Crippen molar-refractivity contribution < 1.29 is 18.3 Å². The van der Waals surface area contributed by atoms with Gasteiger partial charge in [0.15, 0.2) is 5.13 Å². The lowest BCUT2D eigenvalue weighted by Gasteiger charge is -2.38. The molecule has 34 heavy (non-hydrogen) atoms. The number of hydrogen-bond acceptors (Lipinski definition) is 8. The number of rotatable bonds is 8. The molecule has 1 fully saturated rings. The first kappa shape index (κ1) is 23.9. The number of nitrogens with one attached hydrogen (secondary N) is 1. The third-order valence-corrected chi connectivity index (χ3v) is 6.69. The standard InChI is InChI=1S/C24H27F2N5O2S/c1-15(2)30-10-12-31(13-11-30)18-8-6-17(7-9-18)28-24-29-22(27)21(34-24)20(32)16-4-3-5-19(14-16)33-23(25)26/h3-9,14-15,23H,10-13,27H2,1-2H3,(H,28,29). The van der Waals surface area contributed by atoms with Gasteiger partial charge in [0.2, 0.25) is 5.78 Å². The van der Waals surface area contributed by atoms with E-state index in [1.54, 1.807) is 0 Å². The zero-order valence-corrected chi connectivity index (χ0v) is 19.8. The maximum absolute atomic E-state index is 12.9. The number of halogens is 2. The van der Waals surface area contributed by atoms with Crippen LogP contribution in [0.4, 0.5) is 31.1 Å². The molecule has 1 aromatic heterocycles. The van der Waals surface area contributed by atoms with Gasteiger partial charge in [0.25, 0.3) is 0 Å². The summed E-state index contributed by atoms with van der Waals surface area (Å²) in [4.78, 5) is 22.2. The number of ether oxygens (including phenoxy) is 1. The number of carbonyl (C=O) groups excluding carboxylic acids is 1. The monoisotopic (exact) mass is 487 g/mol. The minimum absolute atomic E-state index is 0.0809. The molecule has 3 aromatic rings. The summed E-state index contributed by atoms with van der Waals surface area (Å²) < 4.78 is 29.3. The Morgan fingerprint density at radius 2 is 1.82 bits per heavy atom. The predicted molar refractivity (Wildman–Crippen MR) is 132 cm³/mol. The number of alkyl halides is 2. The first-order valence-electron chi connectivity index (χ1n) is 11.0. The van der Waals surface area contributed by atoms with Gasteiger partial charge in [0, 0.05) is 49.2 Å². The van der Waals surface area contributed by atoms with Gasteiger partial charge < -0.3 is 20.7 Å². The molecule has 0 unspecified atom stereocenters. The summed E-state index contributed by atoms with van der Waals surface area (Å²) in [5, 5.41) is 3.66. The van der Waals surface area contributed by atoms with E-state index in [1.807, 2.05) is 12.1 Å². The highest BCUT2D eigenvalue weighted by Crippen LogP contribution is 2.31. The largest absolute Gasteiger partial charge is 0.435 e. The van der Waals surface area contributed by atoms with Gasteiger partial charge in [-0.1, -0.05) is 23.5 Å². The molecule has 0 spiro atoms. The Labute approximate surface area is 201 Å². The fourth-order valence-corrected chi connectivity index (χ4v) is 4.74. The van der Waals surface area contributed by atoms with Gasteiger partial charge in [0.1, 0.15) is 16.4 Å². The Morgan fingerprint density at radius 1 is 1.12 bits per heavy atom. The van der Waals surface area contributed by atoms with Crippen molar-refractivity contribution in [3.05, 3.63) is 59.0 Å². The number of anilines is 4. The predicted octanol–water partition coefficient (Wildman–Crippen LogP) is 4.83. The molecule has 4 rings (SSSR count). The summed E-state index contributed by atoms with van der Waals surface area (Å²) in [6, 6.07) is 14.2. The van der Waals surface area contributed by atoms with Crippen molar-refractivity contribution in [2.24, 2.45) is 0 Å². The highest BCUT2D eigenvalue weighted by Gasteiger charge is 2.20. The van der Waals surface area contributed by atoms with Gasteiger partial charge in [-0.3, -0.25) is 9.69 Å². The molecule has 1 saturated heterocycles. The minimum atomic E-state index is -2.97. The zero-order valence-electron chi connectivity index (χ0n) is 19.0. The maximum atomic E-state index is 12.9. The van der Waals surface area contributed by atoms with E-state index in [0.29, 0.717) is 11.2 Å². The van der Waals surface area contributed by atoms with Gasteiger partial charge in [-0.05, 0) is 50.2 Å². The van der Waals surface area contributed by atoms with Crippen LogP contribution in [0, 0.1) is 0 Å². The number of nitrogens with zero attached hydrogens (tertiary/aromatic N) is 3. The topological polar surface area (TPSA) is 83.7 Å². The molecule has 2 heterocycles. The molecule has 0 atom stereocenters. The van der Waals surface area contributed by atoms with Crippen molar-refractivity contribution in [1.29, 1.82) is 0 Å². The first-order valence-corrected chi connectivity index (χ1v) is 11.8. The van der Waals surface area contributed by atoms with Crippen molar-refractivity contribution in [2.45, 2.75) is 26.5 Å². The van der Waals surface area contributed by atoms with Crippen LogP contribution >= 0.6 is 11.3 Å². The molecule has 0 saturated carbocycles. The Kier molecular flexibility index (Phi) is 7.28. The minimum Gasteiger partial charge on any atom is -0.435 e. The Bertz CT molecular complexity index is 1130. The molecule has 0 aliphatic carbocycles. The number of carbonyl (C=O) groups is 1. The van der Waals surface area contributed by atoms with Crippen LogP contribution in [0.15, 0.2) is 48.5 Å².